The van der Waals surface area contributed by atoms with Gasteiger partial charge in [0, 0.05) is 23.5 Å². The van der Waals surface area contributed by atoms with Gasteiger partial charge in [0.1, 0.15) is 0 Å². The Labute approximate surface area is 160 Å². The zero-order valence-electron chi connectivity index (χ0n) is 14.5. The SMILES string of the molecule is COC(=O)c1cc(NC(=O)N2[C@H]3CC[C@@H]2c2ccnc(F)c2C3)ccc1Cl. The second kappa shape index (κ2) is 6.81. The minimum absolute atomic E-state index is 0.0754. The highest BCUT2D eigenvalue weighted by Crippen LogP contribution is 2.44. The molecule has 2 aliphatic heterocycles. The summed E-state index contributed by atoms with van der Waals surface area (Å²) >= 11 is 6.02. The van der Waals surface area contributed by atoms with E-state index in [9.17, 15) is 14.0 Å². The number of benzene rings is 1. The van der Waals surface area contributed by atoms with Gasteiger partial charge in [0.25, 0.3) is 0 Å². The molecule has 6 nitrogen and oxygen atoms in total. The smallest absolute Gasteiger partial charge is 0.339 e. The monoisotopic (exact) mass is 389 g/mol. The van der Waals surface area contributed by atoms with E-state index in [1.54, 1.807) is 17.0 Å². The third-order valence-corrected chi connectivity index (χ3v) is 5.53. The number of hydrogen-bond donors (Lipinski definition) is 1. The number of nitrogens with zero attached hydrogens (tertiary/aromatic N) is 2. The van der Waals surface area contributed by atoms with Crippen LogP contribution in [0.1, 0.15) is 40.4 Å². The largest absolute Gasteiger partial charge is 0.465 e. The number of hydrogen-bond acceptors (Lipinski definition) is 4. The molecule has 2 aromatic rings. The number of urea groups is 1. The summed E-state index contributed by atoms with van der Waals surface area (Å²) in [6.07, 6.45) is 3.47. The van der Waals surface area contributed by atoms with Crippen LogP contribution in [0.5, 0.6) is 0 Å². The lowest BCUT2D eigenvalue weighted by atomic mass is 9.95. The minimum atomic E-state index is -0.578. The van der Waals surface area contributed by atoms with Crippen LogP contribution in [0.2, 0.25) is 5.02 Å². The molecule has 0 radical (unpaired) electrons. The molecule has 0 unspecified atom stereocenters. The van der Waals surface area contributed by atoms with Gasteiger partial charge in [0.05, 0.1) is 23.7 Å². The molecule has 27 heavy (non-hydrogen) atoms. The molecule has 1 saturated heterocycles. The molecular formula is C19H17ClFN3O3. The number of nitrogens with one attached hydrogen (secondary N) is 1. The quantitative estimate of drug-likeness (QED) is 0.623. The molecule has 4 rings (SSSR count). The van der Waals surface area contributed by atoms with E-state index in [-0.39, 0.29) is 28.7 Å². The van der Waals surface area contributed by atoms with Crippen molar-refractivity contribution in [3.63, 3.8) is 0 Å². The summed E-state index contributed by atoms with van der Waals surface area (Å²) < 4.78 is 18.7. The van der Waals surface area contributed by atoms with E-state index in [1.165, 1.54) is 25.4 Å². The molecular weight excluding hydrogens is 373 g/mol. The topological polar surface area (TPSA) is 71.5 Å². The van der Waals surface area contributed by atoms with Gasteiger partial charge in [-0.15, -0.1) is 0 Å². The van der Waals surface area contributed by atoms with Crippen molar-refractivity contribution in [2.75, 3.05) is 12.4 Å². The molecule has 140 valence electrons. The van der Waals surface area contributed by atoms with E-state index in [2.05, 4.69) is 10.3 Å². The first-order chi connectivity index (χ1) is 13.0. The lowest BCUT2D eigenvalue weighted by Crippen LogP contribution is -2.44. The molecule has 1 fully saturated rings. The summed E-state index contributed by atoms with van der Waals surface area (Å²) in [4.78, 5) is 30.2. The number of esters is 1. The Morgan fingerprint density at radius 2 is 2.15 bits per heavy atom. The van der Waals surface area contributed by atoms with Gasteiger partial charge in [0.2, 0.25) is 5.95 Å². The Bertz CT molecular complexity index is 936. The van der Waals surface area contributed by atoms with Crippen molar-refractivity contribution in [3.8, 4) is 0 Å². The first-order valence-corrected chi connectivity index (χ1v) is 8.98. The highest BCUT2D eigenvalue weighted by atomic mass is 35.5. The van der Waals surface area contributed by atoms with E-state index in [4.69, 9.17) is 16.3 Å². The number of ether oxygens (including phenoxy) is 1. The normalized spacial score (nSPS) is 20.2. The van der Waals surface area contributed by atoms with E-state index >= 15 is 0 Å². The van der Waals surface area contributed by atoms with Crippen LogP contribution in [0.15, 0.2) is 30.5 Å². The molecule has 2 aliphatic rings. The highest BCUT2D eigenvalue weighted by molar-refractivity contribution is 6.33. The van der Waals surface area contributed by atoms with Crippen molar-refractivity contribution in [2.45, 2.75) is 31.3 Å². The Morgan fingerprint density at radius 1 is 1.33 bits per heavy atom. The van der Waals surface area contributed by atoms with E-state index in [0.717, 1.165) is 18.4 Å². The van der Waals surface area contributed by atoms with E-state index in [1.807, 2.05) is 0 Å². The summed E-state index contributed by atoms with van der Waals surface area (Å²) in [6, 6.07) is 5.87. The second-order valence-electron chi connectivity index (χ2n) is 6.64. The van der Waals surface area contributed by atoms with E-state index in [0.29, 0.717) is 17.7 Å². The number of aromatic nitrogens is 1. The van der Waals surface area contributed by atoms with Crippen molar-refractivity contribution >= 4 is 29.3 Å². The molecule has 2 atom stereocenters. The standard InChI is InChI=1S/C19H17ClFN3O3/c1-27-18(25)14-8-10(2-4-15(14)20)23-19(26)24-11-3-5-16(24)12-6-7-22-17(21)13(12)9-11/h2,4,6-8,11,16H,3,5,9H2,1H3,(H,23,26)/t11-,16+/m0/s1. The molecule has 1 N–H and O–H groups in total. The predicted octanol–water partition coefficient (Wildman–Crippen LogP) is 3.95. The van der Waals surface area contributed by atoms with Gasteiger partial charge in [-0.3, -0.25) is 0 Å². The fourth-order valence-electron chi connectivity index (χ4n) is 3.98. The third kappa shape index (κ3) is 3.02. The molecule has 1 aromatic carbocycles. The van der Waals surface area contributed by atoms with Crippen LogP contribution in [-0.2, 0) is 11.2 Å². The van der Waals surface area contributed by atoms with Crippen LogP contribution in [0.3, 0.4) is 0 Å². The van der Waals surface area contributed by atoms with Crippen LogP contribution >= 0.6 is 11.6 Å². The fraction of sp³-hybridized carbons (Fsp3) is 0.316. The zero-order valence-corrected chi connectivity index (χ0v) is 15.3. The number of fused-ring (bicyclic) bond motifs is 4. The van der Waals surface area contributed by atoms with Gasteiger partial charge in [-0.05, 0) is 49.1 Å². The van der Waals surface area contributed by atoms with Crippen LogP contribution in [-0.4, -0.2) is 35.0 Å². The summed E-state index contributed by atoms with van der Waals surface area (Å²) in [5.74, 6) is -1.03. The number of anilines is 1. The van der Waals surface area contributed by atoms with Crippen molar-refractivity contribution in [1.82, 2.24) is 9.88 Å². The molecule has 1 aromatic heterocycles. The summed E-state index contributed by atoms with van der Waals surface area (Å²) in [5.41, 5.74) is 2.04. The summed E-state index contributed by atoms with van der Waals surface area (Å²) in [5, 5.41) is 3.06. The molecule has 0 spiro atoms. The van der Waals surface area contributed by atoms with Crippen LogP contribution < -0.4 is 5.32 Å². The summed E-state index contributed by atoms with van der Waals surface area (Å²) in [6.45, 7) is 0. The Morgan fingerprint density at radius 3 is 2.93 bits per heavy atom. The Kier molecular flexibility index (Phi) is 4.47. The molecule has 2 bridgehead atoms. The first kappa shape index (κ1) is 17.7. The van der Waals surface area contributed by atoms with Gasteiger partial charge < -0.3 is 15.0 Å². The third-order valence-electron chi connectivity index (χ3n) is 5.20. The number of methoxy groups -OCH3 is 1. The van der Waals surface area contributed by atoms with Gasteiger partial charge in [-0.1, -0.05) is 11.6 Å². The van der Waals surface area contributed by atoms with Crippen molar-refractivity contribution in [2.24, 2.45) is 0 Å². The van der Waals surface area contributed by atoms with Gasteiger partial charge in [-0.2, -0.15) is 4.39 Å². The lowest BCUT2D eigenvalue weighted by molar-refractivity contribution is 0.0601. The first-order valence-electron chi connectivity index (χ1n) is 8.60. The molecule has 3 heterocycles. The highest BCUT2D eigenvalue weighted by Gasteiger charge is 2.43. The number of amides is 2. The fourth-order valence-corrected chi connectivity index (χ4v) is 4.18. The summed E-state index contributed by atoms with van der Waals surface area (Å²) in [7, 11) is 1.26. The van der Waals surface area contributed by atoms with Crippen molar-refractivity contribution < 1.29 is 18.7 Å². The Hall–Kier alpha value is -2.67. The maximum Gasteiger partial charge on any atom is 0.339 e. The molecule has 0 aliphatic carbocycles. The average Bonchev–Trinajstić information content (AvgIpc) is 2.98. The number of halogens is 2. The number of carbonyl (C=O) groups is 2. The Balaban J connectivity index is 1.59. The molecule has 8 heteroatoms. The van der Waals surface area contributed by atoms with Gasteiger partial charge >= 0.3 is 12.0 Å². The maximum absolute atomic E-state index is 14.0. The predicted molar refractivity (Wildman–Crippen MR) is 97.3 cm³/mol. The number of carbonyl (C=O) groups excluding carboxylic acids is 2. The van der Waals surface area contributed by atoms with Crippen molar-refractivity contribution in [1.29, 1.82) is 0 Å². The van der Waals surface area contributed by atoms with Gasteiger partial charge in [-0.25, -0.2) is 14.6 Å². The number of rotatable bonds is 2. The molecule has 0 saturated carbocycles. The van der Waals surface area contributed by atoms with Crippen molar-refractivity contribution in [3.05, 3.63) is 58.1 Å². The van der Waals surface area contributed by atoms with E-state index < -0.39 is 11.9 Å². The molecule has 2 amide bonds. The van der Waals surface area contributed by atoms with Gasteiger partial charge in [0.15, 0.2) is 0 Å². The minimum Gasteiger partial charge on any atom is -0.465 e. The second-order valence-corrected chi connectivity index (χ2v) is 7.05. The lowest BCUT2D eigenvalue weighted by Gasteiger charge is -2.36. The zero-order chi connectivity index (χ0) is 19.1. The number of pyridine rings is 1. The average molecular weight is 390 g/mol. The maximum atomic E-state index is 14.0. The van der Waals surface area contributed by atoms with Crippen LogP contribution in [0.25, 0.3) is 0 Å². The van der Waals surface area contributed by atoms with Crippen LogP contribution in [0, 0.1) is 5.95 Å². The van der Waals surface area contributed by atoms with Crippen LogP contribution in [0.4, 0.5) is 14.9 Å².